The third kappa shape index (κ3) is 11.7. The molecule has 0 aromatic heterocycles. The Hall–Kier alpha value is -3.81. The molecule has 14 heteroatoms. The molecule has 0 bridgehead atoms. The van der Waals surface area contributed by atoms with Crippen molar-refractivity contribution < 1.29 is 42.6 Å². The van der Waals surface area contributed by atoms with Gasteiger partial charge in [0.25, 0.3) is 12.3 Å². The minimum atomic E-state index is -3.36. The van der Waals surface area contributed by atoms with Gasteiger partial charge in [0.15, 0.2) is 5.54 Å². The van der Waals surface area contributed by atoms with Crippen LogP contribution >= 0.6 is 0 Å². The second-order valence-corrected chi connectivity index (χ2v) is 10.2. The number of carbonyl (C=O) groups excluding carboxylic acids is 4. The Balaban J connectivity index is 2.89. The fourth-order valence-corrected chi connectivity index (χ4v) is 3.87. The zero-order valence-corrected chi connectivity index (χ0v) is 23.7. The highest BCUT2D eigenvalue weighted by Crippen LogP contribution is 2.26. The van der Waals surface area contributed by atoms with Crippen LogP contribution in [0, 0.1) is 5.92 Å². The summed E-state index contributed by atoms with van der Waals surface area (Å²) >= 11 is 0. The number of ether oxygens (including phenoxy) is 1. The molecule has 1 unspecified atom stereocenters. The zero-order chi connectivity index (χ0) is 31.2. The lowest BCUT2D eigenvalue weighted by molar-refractivity contribution is -0.142. The molecule has 12 nitrogen and oxygen atoms in total. The number of carbonyl (C=O) groups is 5. The van der Waals surface area contributed by atoms with Gasteiger partial charge in [-0.3, -0.25) is 14.4 Å². The summed E-state index contributed by atoms with van der Waals surface area (Å²) in [4.78, 5) is 62.2. The summed E-state index contributed by atoms with van der Waals surface area (Å²) in [7, 11) is 0. The van der Waals surface area contributed by atoms with Gasteiger partial charge in [0.2, 0.25) is 11.8 Å². The first kappa shape index (κ1) is 35.2. The van der Waals surface area contributed by atoms with E-state index in [4.69, 9.17) is 10.5 Å². The quantitative estimate of drug-likeness (QED) is 0.149. The van der Waals surface area contributed by atoms with Crippen LogP contribution in [0.4, 0.5) is 13.6 Å². The van der Waals surface area contributed by atoms with Crippen molar-refractivity contribution in [2.45, 2.75) is 90.1 Å². The van der Waals surface area contributed by atoms with E-state index in [1.54, 1.807) is 44.2 Å². The number of alkyl carbamates (subject to hydrolysis) is 1. The molecule has 1 aromatic carbocycles. The lowest BCUT2D eigenvalue weighted by Crippen LogP contribution is -2.66. The highest BCUT2D eigenvalue weighted by atomic mass is 19.3. The molecule has 1 aromatic rings. The number of carboxylic acids is 1. The fraction of sp³-hybridized carbons (Fsp3) is 0.593. The summed E-state index contributed by atoms with van der Waals surface area (Å²) in [5, 5.41) is 18.2. The Kier molecular flexibility index (Phi) is 14.7. The van der Waals surface area contributed by atoms with Crippen molar-refractivity contribution >= 4 is 29.8 Å². The molecule has 0 saturated heterocycles. The van der Waals surface area contributed by atoms with Crippen LogP contribution in [-0.4, -0.2) is 71.5 Å². The van der Waals surface area contributed by atoms with Gasteiger partial charge < -0.3 is 36.8 Å². The van der Waals surface area contributed by atoms with Crippen LogP contribution in [0.15, 0.2) is 30.3 Å². The van der Waals surface area contributed by atoms with Gasteiger partial charge in [-0.15, -0.1) is 0 Å². The Morgan fingerprint density at radius 3 is 2.05 bits per heavy atom. The van der Waals surface area contributed by atoms with Gasteiger partial charge in [0.1, 0.15) is 24.7 Å². The van der Waals surface area contributed by atoms with Crippen LogP contribution in [0.1, 0.15) is 58.9 Å². The molecule has 0 aliphatic carbocycles. The number of unbranched alkanes of at least 4 members (excludes halogenated alkanes) is 1. The predicted octanol–water partition coefficient (Wildman–Crippen LogP) is 1.67. The van der Waals surface area contributed by atoms with E-state index in [-0.39, 0.29) is 13.0 Å². The van der Waals surface area contributed by atoms with Crippen molar-refractivity contribution in [3.8, 4) is 0 Å². The van der Waals surface area contributed by atoms with Crippen molar-refractivity contribution in [3.05, 3.63) is 35.9 Å². The Bertz CT molecular complexity index is 1030. The molecule has 4 atom stereocenters. The lowest BCUT2D eigenvalue weighted by atomic mass is 9.87. The van der Waals surface area contributed by atoms with Gasteiger partial charge in [0.05, 0.1) is 0 Å². The zero-order valence-electron chi connectivity index (χ0n) is 23.7. The van der Waals surface area contributed by atoms with Crippen molar-refractivity contribution in [1.82, 2.24) is 21.3 Å². The maximum Gasteiger partial charge on any atom is 0.408 e. The van der Waals surface area contributed by atoms with Gasteiger partial charge in [-0.05, 0) is 57.6 Å². The van der Waals surface area contributed by atoms with Crippen LogP contribution < -0.4 is 27.0 Å². The number of halogens is 2. The summed E-state index contributed by atoms with van der Waals surface area (Å²) in [5.74, 6) is -4.72. The van der Waals surface area contributed by atoms with E-state index in [0.29, 0.717) is 24.9 Å². The molecular formula is C27H41F2N5O7. The van der Waals surface area contributed by atoms with Crippen LogP contribution in [-0.2, 0) is 30.5 Å². The first-order valence-corrected chi connectivity index (χ1v) is 13.3. The van der Waals surface area contributed by atoms with E-state index in [1.165, 1.54) is 13.8 Å². The number of benzene rings is 1. The number of nitrogens with two attached hydrogens (primary N) is 1. The molecule has 0 aliphatic rings. The SMILES string of the molecule is CC(C)CC(NC(=O)OCc1ccccc1)(C(=O)N[C@@H](C)C(=O)N[C@@H](C)C(=O)N[C@@H](CCCCN)C(=O)O)C(F)F. The van der Waals surface area contributed by atoms with Crippen molar-refractivity contribution in [2.24, 2.45) is 11.7 Å². The average Bonchev–Trinajstić information content (AvgIpc) is 2.90. The van der Waals surface area contributed by atoms with E-state index < -0.39 is 72.2 Å². The van der Waals surface area contributed by atoms with Gasteiger partial charge in [-0.25, -0.2) is 18.4 Å². The monoisotopic (exact) mass is 585 g/mol. The van der Waals surface area contributed by atoms with E-state index in [1.807, 2.05) is 5.32 Å². The van der Waals surface area contributed by atoms with E-state index >= 15 is 0 Å². The topological polar surface area (TPSA) is 189 Å². The number of alkyl halides is 2. The summed E-state index contributed by atoms with van der Waals surface area (Å²) in [6.07, 6.45) is -3.90. The van der Waals surface area contributed by atoms with E-state index in [0.717, 1.165) is 0 Å². The molecule has 0 saturated carbocycles. The number of hydrogen-bond donors (Lipinski definition) is 6. The Morgan fingerprint density at radius 2 is 1.51 bits per heavy atom. The van der Waals surface area contributed by atoms with Crippen LogP contribution in [0.2, 0.25) is 0 Å². The summed E-state index contributed by atoms with van der Waals surface area (Å²) in [6, 6.07) is 4.69. The summed E-state index contributed by atoms with van der Waals surface area (Å²) in [5.41, 5.74) is 3.30. The Labute approximate surface area is 238 Å². The van der Waals surface area contributed by atoms with Crippen LogP contribution in [0.25, 0.3) is 0 Å². The molecule has 0 aliphatic heterocycles. The number of carboxylic acid groups (broad SMARTS) is 1. The van der Waals surface area contributed by atoms with E-state index in [2.05, 4.69) is 16.0 Å². The van der Waals surface area contributed by atoms with Crippen LogP contribution in [0.5, 0.6) is 0 Å². The smallest absolute Gasteiger partial charge is 0.408 e. The normalized spacial score (nSPS) is 14.8. The molecule has 0 radical (unpaired) electrons. The second kappa shape index (κ2) is 17.1. The predicted molar refractivity (Wildman–Crippen MR) is 146 cm³/mol. The van der Waals surface area contributed by atoms with Crippen molar-refractivity contribution in [3.63, 3.8) is 0 Å². The van der Waals surface area contributed by atoms with Gasteiger partial charge in [-0.1, -0.05) is 44.2 Å². The molecule has 41 heavy (non-hydrogen) atoms. The molecule has 0 heterocycles. The average molecular weight is 586 g/mol. The highest BCUT2D eigenvalue weighted by Gasteiger charge is 2.50. The summed E-state index contributed by atoms with van der Waals surface area (Å²) in [6.45, 7) is 5.82. The largest absolute Gasteiger partial charge is 0.480 e. The first-order chi connectivity index (χ1) is 19.2. The third-order valence-electron chi connectivity index (χ3n) is 6.10. The highest BCUT2D eigenvalue weighted by molar-refractivity contribution is 5.96. The molecule has 4 amide bonds. The molecule has 0 fully saturated rings. The molecule has 7 N–H and O–H groups in total. The second-order valence-electron chi connectivity index (χ2n) is 10.2. The molecular weight excluding hydrogens is 544 g/mol. The van der Waals surface area contributed by atoms with Gasteiger partial charge in [-0.2, -0.15) is 0 Å². The van der Waals surface area contributed by atoms with E-state index in [9.17, 15) is 37.9 Å². The maximum atomic E-state index is 14.4. The van der Waals surface area contributed by atoms with Crippen molar-refractivity contribution in [2.75, 3.05) is 6.54 Å². The number of nitrogens with one attached hydrogen (secondary N) is 4. The standard InChI is InChI=1S/C27H41F2N5O7/c1-16(2)14-27(24(28)29,34-26(40)41-15-19-10-6-5-7-11-19)25(39)32-18(4)21(35)31-17(3)22(36)33-20(23(37)38)12-8-9-13-30/h5-7,10-11,16-18,20,24H,8-9,12-15,30H2,1-4H3,(H,31,35)(H,32,39)(H,33,36)(H,34,40)(H,37,38)/t17-,18-,20-,27?/m0/s1. The maximum absolute atomic E-state index is 14.4. The lowest BCUT2D eigenvalue weighted by Gasteiger charge is -2.34. The third-order valence-corrected chi connectivity index (χ3v) is 6.10. The number of amides is 4. The minimum Gasteiger partial charge on any atom is -0.480 e. The molecule has 1 rings (SSSR count). The van der Waals surface area contributed by atoms with Crippen LogP contribution in [0.3, 0.4) is 0 Å². The Morgan fingerprint density at radius 1 is 0.927 bits per heavy atom. The number of rotatable bonds is 17. The molecule has 0 spiro atoms. The molecule has 230 valence electrons. The van der Waals surface area contributed by atoms with Gasteiger partial charge >= 0.3 is 12.1 Å². The summed E-state index contributed by atoms with van der Waals surface area (Å²) < 4.78 is 33.9. The van der Waals surface area contributed by atoms with Crippen molar-refractivity contribution in [1.29, 1.82) is 0 Å². The van der Waals surface area contributed by atoms with Gasteiger partial charge in [0, 0.05) is 0 Å². The fourth-order valence-electron chi connectivity index (χ4n) is 3.87. The number of hydrogen-bond acceptors (Lipinski definition) is 7. The first-order valence-electron chi connectivity index (χ1n) is 13.3. The number of aliphatic carboxylic acids is 1. The minimum absolute atomic E-state index is 0.137.